The standard InChI is InChI=1S/C16H19N3O3/c1-3-10-17-14(21)16(8-9-16)15(22)19-13-6-4-12(5-7-13)18-11(2)20/h3-7H,1,8-10H2,2H3,(H,17,21)(H,18,20)(H,19,22). The summed E-state index contributed by atoms with van der Waals surface area (Å²) in [6.45, 7) is 5.30. The van der Waals surface area contributed by atoms with Crippen LogP contribution in [0.15, 0.2) is 36.9 Å². The van der Waals surface area contributed by atoms with Gasteiger partial charge in [0.15, 0.2) is 0 Å². The van der Waals surface area contributed by atoms with Gasteiger partial charge in [-0.15, -0.1) is 6.58 Å². The van der Waals surface area contributed by atoms with Crippen molar-refractivity contribution in [2.75, 3.05) is 17.2 Å². The number of hydrogen-bond acceptors (Lipinski definition) is 3. The first-order valence-electron chi connectivity index (χ1n) is 7.06. The van der Waals surface area contributed by atoms with Crippen molar-refractivity contribution in [3.63, 3.8) is 0 Å². The van der Waals surface area contributed by atoms with Crippen LogP contribution in [-0.2, 0) is 14.4 Å². The Morgan fingerprint density at radius 3 is 2.09 bits per heavy atom. The molecule has 1 aliphatic carbocycles. The summed E-state index contributed by atoms with van der Waals surface area (Å²) < 4.78 is 0. The molecule has 0 saturated heterocycles. The Kier molecular flexibility index (Phi) is 4.60. The Labute approximate surface area is 129 Å². The first-order valence-corrected chi connectivity index (χ1v) is 7.06. The third-order valence-corrected chi connectivity index (χ3v) is 3.49. The van der Waals surface area contributed by atoms with Crippen LogP contribution in [0.5, 0.6) is 0 Å². The predicted octanol–water partition coefficient (Wildman–Crippen LogP) is 1.67. The van der Waals surface area contributed by atoms with Crippen LogP contribution in [-0.4, -0.2) is 24.3 Å². The van der Waals surface area contributed by atoms with Gasteiger partial charge in [0, 0.05) is 24.8 Å². The molecule has 0 bridgehead atoms. The maximum absolute atomic E-state index is 12.3. The molecule has 0 heterocycles. The molecule has 3 amide bonds. The summed E-state index contributed by atoms with van der Waals surface area (Å²) in [5.41, 5.74) is 0.275. The molecule has 22 heavy (non-hydrogen) atoms. The van der Waals surface area contributed by atoms with E-state index in [1.165, 1.54) is 6.92 Å². The molecule has 0 unspecified atom stereocenters. The van der Waals surface area contributed by atoms with Crippen molar-refractivity contribution in [1.82, 2.24) is 5.32 Å². The highest BCUT2D eigenvalue weighted by molar-refractivity contribution is 6.13. The topological polar surface area (TPSA) is 87.3 Å². The van der Waals surface area contributed by atoms with Gasteiger partial charge in [0.1, 0.15) is 5.41 Å². The summed E-state index contributed by atoms with van der Waals surface area (Å²) in [7, 11) is 0. The number of rotatable bonds is 6. The molecule has 0 radical (unpaired) electrons. The molecule has 1 aliphatic rings. The first-order chi connectivity index (χ1) is 10.5. The van der Waals surface area contributed by atoms with Gasteiger partial charge < -0.3 is 16.0 Å². The van der Waals surface area contributed by atoms with Crippen molar-refractivity contribution in [3.05, 3.63) is 36.9 Å². The summed E-state index contributed by atoms with van der Waals surface area (Å²) in [4.78, 5) is 35.3. The number of nitrogens with one attached hydrogen (secondary N) is 3. The molecule has 1 saturated carbocycles. The Morgan fingerprint density at radius 2 is 1.64 bits per heavy atom. The van der Waals surface area contributed by atoms with Crippen molar-refractivity contribution in [3.8, 4) is 0 Å². The zero-order valence-corrected chi connectivity index (χ0v) is 12.4. The number of carbonyl (C=O) groups is 3. The van der Waals surface area contributed by atoms with E-state index in [0.717, 1.165) is 0 Å². The van der Waals surface area contributed by atoms with Crippen molar-refractivity contribution >= 4 is 29.1 Å². The molecule has 0 atom stereocenters. The summed E-state index contributed by atoms with van der Waals surface area (Å²) in [5.74, 6) is -0.728. The summed E-state index contributed by atoms with van der Waals surface area (Å²) >= 11 is 0. The lowest BCUT2D eigenvalue weighted by atomic mass is 10.1. The molecule has 0 aromatic heterocycles. The average molecular weight is 301 g/mol. The Balaban J connectivity index is 1.98. The monoisotopic (exact) mass is 301 g/mol. The van der Waals surface area contributed by atoms with Crippen LogP contribution >= 0.6 is 0 Å². The lowest BCUT2D eigenvalue weighted by Crippen LogP contribution is -2.40. The smallest absolute Gasteiger partial charge is 0.240 e. The van der Waals surface area contributed by atoms with Crippen LogP contribution in [0.4, 0.5) is 11.4 Å². The quantitative estimate of drug-likeness (QED) is 0.551. The molecule has 3 N–H and O–H groups in total. The molecule has 1 aromatic carbocycles. The van der Waals surface area contributed by atoms with Gasteiger partial charge in [-0.25, -0.2) is 0 Å². The lowest BCUT2D eigenvalue weighted by Gasteiger charge is -2.15. The van der Waals surface area contributed by atoms with E-state index < -0.39 is 5.41 Å². The number of amides is 3. The molecule has 6 heteroatoms. The summed E-state index contributed by atoms with van der Waals surface area (Å²) in [6.07, 6.45) is 2.67. The molecular weight excluding hydrogens is 282 g/mol. The summed E-state index contributed by atoms with van der Waals surface area (Å²) in [5, 5.41) is 8.06. The fourth-order valence-corrected chi connectivity index (χ4v) is 2.11. The third kappa shape index (κ3) is 3.52. The van der Waals surface area contributed by atoms with Gasteiger partial charge in [0.2, 0.25) is 17.7 Å². The minimum atomic E-state index is -0.959. The largest absolute Gasteiger partial charge is 0.352 e. The second-order valence-corrected chi connectivity index (χ2v) is 5.29. The highest BCUT2D eigenvalue weighted by Gasteiger charge is 2.56. The Bertz CT molecular complexity index is 604. The van der Waals surface area contributed by atoms with Gasteiger partial charge in [0.05, 0.1) is 0 Å². The molecule has 1 aromatic rings. The fourth-order valence-electron chi connectivity index (χ4n) is 2.11. The van der Waals surface area contributed by atoms with Crippen LogP contribution in [0.3, 0.4) is 0 Å². The van der Waals surface area contributed by atoms with Gasteiger partial charge in [-0.1, -0.05) is 6.08 Å². The van der Waals surface area contributed by atoms with E-state index in [1.807, 2.05) is 0 Å². The van der Waals surface area contributed by atoms with Gasteiger partial charge in [-0.3, -0.25) is 14.4 Å². The second kappa shape index (κ2) is 6.43. The fraction of sp³-hybridized carbons (Fsp3) is 0.312. The normalized spacial score (nSPS) is 14.6. The van der Waals surface area contributed by atoms with Crippen LogP contribution in [0.2, 0.25) is 0 Å². The first kappa shape index (κ1) is 15.8. The molecular formula is C16H19N3O3. The van der Waals surface area contributed by atoms with E-state index in [0.29, 0.717) is 30.8 Å². The van der Waals surface area contributed by atoms with E-state index in [-0.39, 0.29) is 17.7 Å². The minimum absolute atomic E-state index is 0.160. The molecule has 0 aliphatic heterocycles. The van der Waals surface area contributed by atoms with Crippen molar-refractivity contribution in [2.45, 2.75) is 19.8 Å². The Morgan fingerprint density at radius 1 is 1.09 bits per heavy atom. The summed E-state index contributed by atoms with van der Waals surface area (Å²) in [6, 6.07) is 6.74. The van der Waals surface area contributed by atoms with Gasteiger partial charge in [0.25, 0.3) is 0 Å². The second-order valence-electron chi connectivity index (χ2n) is 5.29. The van der Waals surface area contributed by atoms with E-state index in [9.17, 15) is 14.4 Å². The van der Waals surface area contributed by atoms with Gasteiger partial charge in [-0.05, 0) is 37.1 Å². The highest BCUT2D eigenvalue weighted by Crippen LogP contribution is 2.46. The van der Waals surface area contributed by atoms with Crippen molar-refractivity contribution < 1.29 is 14.4 Å². The van der Waals surface area contributed by atoms with E-state index in [4.69, 9.17) is 0 Å². The van der Waals surface area contributed by atoms with Crippen LogP contribution in [0, 0.1) is 5.41 Å². The highest BCUT2D eigenvalue weighted by atomic mass is 16.2. The van der Waals surface area contributed by atoms with Crippen molar-refractivity contribution in [2.24, 2.45) is 5.41 Å². The molecule has 1 fully saturated rings. The SMILES string of the molecule is C=CCNC(=O)C1(C(=O)Nc2ccc(NC(C)=O)cc2)CC1. The maximum atomic E-state index is 12.3. The minimum Gasteiger partial charge on any atom is -0.352 e. The zero-order chi connectivity index (χ0) is 16.2. The van der Waals surface area contributed by atoms with Crippen LogP contribution in [0.1, 0.15) is 19.8 Å². The zero-order valence-electron chi connectivity index (χ0n) is 12.4. The van der Waals surface area contributed by atoms with Crippen molar-refractivity contribution in [1.29, 1.82) is 0 Å². The van der Waals surface area contributed by atoms with E-state index in [2.05, 4.69) is 22.5 Å². The Hall–Kier alpha value is -2.63. The van der Waals surface area contributed by atoms with E-state index >= 15 is 0 Å². The van der Waals surface area contributed by atoms with Crippen LogP contribution in [0.25, 0.3) is 0 Å². The number of hydrogen-bond donors (Lipinski definition) is 3. The average Bonchev–Trinajstić information content (AvgIpc) is 3.28. The molecule has 116 valence electrons. The molecule has 6 nitrogen and oxygen atoms in total. The van der Waals surface area contributed by atoms with E-state index in [1.54, 1.807) is 30.3 Å². The van der Waals surface area contributed by atoms with Crippen LogP contribution < -0.4 is 16.0 Å². The number of carbonyl (C=O) groups excluding carboxylic acids is 3. The number of anilines is 2. The predicted molar refractivity (Wildman–Crippen MR) is 84.2 cm³/mol. The number of benzene rings is 1. The lowest BCUT2D eigenvalue weighted by molar-refractivity contribution is -0.134. The van der Waals surface area contributed by atoms with Gasteiger partial charge >= 0.3 is 0 Å². The molecule has 2 rings (SSSR count). The third-order valence-electron chi connectivity index (χ3n) is 3.49. The maximum Gasteiger partial charge on any atom is 0.240 e. The van der Waals surface area contributed by atoms with Gasteiger partial charge in [-0.2, -0.15) is 0 Å². The molecule has 0 spiro atoms.